The summed E-state index contributed by atoms with van der Waals surface area (Å²) >= 11 is 0. The van der Waals surface area contributed by atoms with Gasteiger partial charge in [-0.05, 0) is 32.0 Å². The summed E-state index contributed by atoms with van der Waals surface area (Å²) in [6.07, 6.45) is 1.77. The third-order valence-corrected chi connectivity index (χ3v) is 2.63. The van der Waals surface area contributed by atoms with Crippen molar-refractivity contribution in [1.29, 1.82) is 0 Å². The molecule has 0 bridgehead atoms. The summed E-state index contributed by atoms with van der Waals surface area (Å²) in [4.78, 5) is 0. The topological polar surface area (TPSA) is 42.7 Å². The average Bonchev–Trinajstić information content (AvgIpc) is 2.67. The molecule has 0 aliphatic rings. The molecular weight excluding hydrogens is 200 g/mol. The Kier molecular flexibility index (Phi) is 3.01. The highest BCUT2D eigenvalue weighted by atomic mass is 15.3. The molecule has 0 fully saturated rings. The van der Waals surface area contributed by atoms with Crippen molar-refractivity contribution in [3.05, 3.63) is 41.5 Å². The Bertz CT molecular complexity index is 467. The van der Waals surface area contributed by atoms with Crippen LogP contribution in [0.1, 0.15) is 17.0 Å². The van der Waals surface area contributed by atoms with Gasteiger partial charge in [0.1, 0.15) is 6.33 Å². The average molecular weight is 216 g/mol. The first-order valence-electron chi connectivity index (χ1n) is 5.34. The van der Waals surface area contributed by atoms with Gasteiger partial charge in [-0.2, -0.15) is 0 Å². The quantitative estimate of drug-likeness (QED) is 0.847. The van der Waals surface area contributed by atoms with Crippen LogP contribution in [0.25, 0.3) is 5.69 Å². The lowest BCUT2D eigenvalue weighted by atomic mass is 10.1. The van der Waals surface area contributed by atoms with Gasteiger partial charge in [-0.25, -0.2) is 0 Å². The summed E-state index contributed by atoms with van der Waals surface area (Å²) < 4.78 is 2.04. The van der Waals surface area contributed by atoms with Crippen molar-refractivity contribution in [3.63, 3.8) is 0 Å². The highest BCUT2D eigenvalue weighted by Crippen LogP contribution is 2.19. The predicted molar refractivity (Wildman–Crippen MR) is 63.6 cm³/mol. The number of benzene rings is 1. The van der Waals surface area contributed by atoms with E-state index in [-0.39, 0.29) is 0 Å². The second kappa shape index (κ2) is 4.45. The van der Waals surface area contributed by atoms with Gasteiger partial charge in [0.2, 0.25) is 0 Å². The molecule has 1 aromatic carbocycles. The van der Waals surface area contributed by atoms with E-state index in [0.717, 1.165) is 5.82 Å². The Morgan fingerprint density at radius 2 is 1.94 bits per heavy atom. The molecule has 2 aromatic rings. The Morgan fingerprint density at radius 3 is 2.56 bits per heavy atom. The molecule has 1 N–H and O–H groups in total. The maximum absolute atomic E-state index is 4.11. The largest absolute Gasteiger partial charge is 0.313 e. The molecule has 0 spiro atoms. The van der Waals surface area contributed by atoms with E-state index in [1.165, 1.54) is 16.8 Å². The second-order valence-electron chi connectivity index (χ2n) is 3.89. The number of aryl methyl sites for hydroxylation is 2. The van der Waals surface area contributed by atoms with Crippen LogP contribution in [0.3, 0.4) is 0 Å². The Hall–Kier alpha value is -1.68. The Morgan fingerprint density at radius 1 is 1.25 bits per heavy atom. The molecule has 0 aliphatic heterocycles. The molecule has 2 rings (SSSR count). The lowest BCUT2D eigenvalue weighted by molar-refractivity contribution is 0.735. The SMILES string of the molecule is CNCc1nncn1-c1c(C)cccc1C. The van der Waals surface area contributed by atoms with Gasteiger partial charge in [-0.15, -0.1) is 10.2 Å². The summed E-state index contributed by atoms with van der Waals surface area (Å²) in [6, 6.07) is 6.27. The fraction of sp³-hybridized carbons (Fsp3) is 0.333. The minimum Gasteiger partial charge on any atom is -0.313 e. The van der Waals surface area contributed by atoms with Crippen molar-refractivity contribution in [2.24, 2.45) is 0 Å². The lowest BCUT2D eigenvalue weighted by Crippen LogP contribution is -2.12. The maximum atomic E-state index is 4.11. The van der Waals surface area contributed by atoms with Gasteiger partial charge in [0.25, 0.3) is 0 Å². The summed E-state index contributed by atoms with van der Waals surface area (Å²) in [6.45, 7) is 4.92. The third-order valence-electron chi connectivity index (χ3n) is 2.63. The van der Waals surface area contributed by atoms with Crippen molar-refractivity contribution in [2.75, 3.05) is 7.05 Å². The first kappa shape index (κ1) is 10.8. The standard InChI is InChI=1S/C12H16N4/c1-9-5-4-6-10(2)12(9)16-8-14-15-11(16)7-13-3/h4-6,8,13H,7H2,1-3H3. The van der Waals surface area contributed by atoms with Gasteiger partial charge < -0.3 is 5.32 Å². The molecule has 16 heavy (non-hydrogen) atoms. The molecule has 0 atom stereocenters. The van der Waals surface area contributed by atoms with Crippen LogP contribution in [0.2, 0.25) is 0 Å². The van der Waals surface area contributed by atoms with Crippen LogP contribution in [0.4, 0.5) is 0 Å². The van der Waals surface area contributed by atoms with E-state index in [2.05, 4.69) is 47.6 Å². The van der Waals surface area contributed by atoms with Crippen LogP contribution in [0.15, 0.2) is 24.5 Å². The fourth-order valence-electron chi connectivity index (χ4n) is 1.91. The van der Waals surface area contributed by atoms with E-state index >= 15 is 0 Å². The molecular formula is C12H16N4. The van der Waals surface area contributed by atoms with E-state index in [1.807, 2.05) is 11.6 Å². The molecule has 0 radical (unpaired) electrons. The number of para-hydroxylation sites is 1. The van der Waals surface area contributed by atoms with E-state index in [0.29, 0.717) is 6.54 Å². The molecule has 1 heterocycles. The summed E-state index contributed by atoms with van der Waals surface area (Å²) in [5, 5.41) is 11.2. The lowest BCUT2D eigenvalue weighted by Gasteiger charge is -2.12. The maximum Gasteiger partial charge on any atom is 0.151 e. The molecule has 0 unspecified atom stereocenters. The summed E-state index contributed by atoms with van der Waals surface area (Å²) in [5.74, 6) is 0.930. The molecule has 0 aliphatic carbocycles. The van der Waals surface area contributed by atoms with Crippen LogP contribution >= 0.6 is 0 Å². The molecule has 4 heteroatoms. The van der Waals surface area contributed by atoms with Crippen molar-refractivity contribution >= 4 is 0 Å². The van der Waals surface area contributed by atoms with Crippen LogP contribution in [-0.2, 0) is 6.54 Å². The molecule has 1 aromatic heterocycles. The van der Waals surface area contributed by atoms with Gasteiger partial charge in [-0.3, -0.25) is 4.57 Å². The predicted octanol–water partition coefficient (Wildman–Crippen LogP) is 1.60. The van der Waals surface area contributed by atoms with Crippen LogP contribution < -0.4 is 5.32 Å². The van der Waals surface area contributed by atoms with E-state index in [9.17, 15) is 0 Å². The molecule has 4 nitrogen and oxygen atoms in total. The minimum atomic E-state index is 0.716. The minimum absolute atomic E-state index is 0.716. The zero-order valence-corrected chi connectivity index (χ0v) is 9.86. The van der Waals surface area contributed by atoms with Gasteiger partial charge in [0.05, 0.1) is 12.2 Å². The number of nitrogens with zero attached hydrogens (tertiary/aromatic N) is 3. The van der Waals surface area contributed by atoms with E-state index < -0.39 is 0 Å². The highest BCUT2D eigenvalue weighted by Gasteiger charge is 2.09. The van der Waals surface area contributed by atoms with Crippen LogP contribution in [0, 0.1) is 13.8 Å². The van der Waals surface area contributed by atoms with Crippen LogP contribution in [-0.4, -0.2) is 21.8 Å². The van der Waals surface area contributed by atoms with Gasteiger partial charge >= 0.3 is 0 Å². The zero-order chi connectivity index (χ0) is 11.5. The summed E-state index contributed by atoms with van der Waals surface area (Å²) in [5.41, 5.74) is 3.65. The second-order valence-corrected chi connectivity index (χ2v) is 3.89. The Labute approximate surface area is 95.3 Å². The zero-order valence-electron chi connectivity index (χ0n) is 9.86. The highest BCUT2D eigenvalue weighted by molar-refractivity contribution is 5.47. The normalized spacial score (nSPS) is 10.7. The van der Waals surface area contributed by atoms with Crippen molar-refractivity contribution < 1.29 is 0 Å². The van der Waals surface area contributed by atoms with E-state index in [4.69, 9.17) is 0 Å². The molecule has 0 amide bonds. The number of aromatic nitrogens is 3. The molecule has 84 valence electrons. The number of hydrogen-bond acceptors (Lipinski definition) is 3. The van der Waals surface area contributed by atoms with Crippen molar-refractivity contribution in [3.8, 4) is 5.69 Å². The number of hydrogen-bond donors (Lipinski definition) is 1. The first-order chi connectivity index (χ1) is 7.74. The first-order valence-corrected chi connectivity index (χ1v) is 5.34. The van der Waals surface area contributed by atoms with Gasteiger partial charge in [0, 0.05) is 0 Å². The molecule has 0 saturated carbocycles. The molecule has 0 saturated heterocycles. The van der Waals surface area contributed by atoms with Crippen molar-refractivity contribution in [1.82, 2.24) is 20.1 Å². The monoisotopic (exact) mass is 216 g/mol. The van der Waals surface area contributed by atoms with Gasteiger partial charge in [-0.1, -0.05) is 18.2 Å². The van der Waals surface area contributed by atoms with E-state index in [1.54, 1.807) is 6.33 Å². The number of rotatable bonds is 3. The Balaban J connectivity index is 2.54. The van der Waals surface area contributed by atoms with Gasteiger partial charge in [0.15, 0.2) is 5.82 Å². The van der Waals surface area contributed by atoms with Crippen molar-refractivity contribution in [2.45, 2.75) is 20.4 Å². The smallest absolute Gasteiger partial charge is 0.151 e. The fourth-order valence-corrected chi connectivity index (χ4v) is 1.91. The third kappa shape index (κ3) is 1.84. The van der Waals surface area contributed by atoms with Crippen LogP contribution in [0.5, 0.6) is 0 Å². The number of nitrogens with one attached hydrogen (secondary N) is 1. The summed E-state index contributed by atoms with van der Waals surface area (Å²) in [7, 11) is 1.91.